The van der Waals surface area contributed by atoms with Gasteiger partial charge < -0.3 is 4.74 Å². The molecule has 0 N–H and O–H groups in total. The summed E-state index contributed by atoms with van der Waals surface area (Å²) < 4.78 is 17.4. The first-order chi connectivity index (χ1) is 8.20. The molecule has 2 unspecified atom stereocenters. The molecule has 0 aliphatic heterocycles. The molecule has 5 heteroatoms. The molecule has 0 saturated carbocycles. The van der Waals surface area contributed by atoms with Crippen molar-refractivity contribution in [3.05, 3.63) is 29.3 Å². The molecule has 18 heavy (non-hydrogen) atoms. The van der Waals surface area contributed by atoms with Gasteiger partial charge in [-0.2, -0.15) is 0 Å². The minimum atomic E-state index is -1.43. The van der Waals surface area contributed by atoms with Crippen LogP contribution in [-0.4, -0.2) is 21.0 Å². The van der Waals surface area contributed by atoms with Crippen molar-refractivity contribution in [2.24, 2.45) is 0 Å². The van der Waals surface area contributed by atoms with Gasteiger partial charge in [0.05, 0.1) is 10.8 Å². The largest absolute Gasteiger partial charge is 0.459 e. The monoisotopic (exact) mass is 288 g/mol. The highest BCUT2D eigenvalue weighted by molar-refractivity contribution is 7.86. The van der Waals surface area contributed by atoms with Crippen LogP contribution in [0.3, 0.4) is 0 Å². The lowest BCUT2D eigenvalue weighted by Crippen LogP contribution is -2.32. The van der Waals surface area contributed by atoms with Gasteiger partial charge >= 0.3 is 5.97 Å². The summed E-state index contributed by atoms with van der Waals surface area (Å²) >= 11 is 5.76. The van der Waals surface area contributed by atoms with E-state index in [1.165, 1.54) is 0 Å². The van der Waals surface area contributed by atoms with Crippen LogP contribution in [0.1, 0.15) is 27.7 Å². The number of esters is 1. The predicted molar refractivity (Wildman–Crippen MR) is 73.2 cm³/mol. The molecule has 1 rings (SSSR count). The van der Waals surface area contributed by atoms with E-state index >= 15 is 0 Å². The molecule has 0 fully saturated rings. The SMILES string of the molecule is CC(C(=O)OC(C)(C)C)S(=O)c1ccc(Cl)cc1. The Morgan fingerprint density at radius 1 is 1.28 bits per heavy atom. The van der Waals surface area contributed by atoms with Gasteiger partial charge in [-0.15, -0.1) is 0 Å². The van der Waals surface area contributed by atoms with E-state index in [1.54, 1.807) is 52.0 Å². The van der Waals surface area contributed by atoms with Crippen LogP contribution in [-0.2, 0) is 20.3 Å². The van der Waals surface area contributed by atoms with E-state index in [0.29, 0.717) is 9.92 Å². The van der Waals surface area contributed by atoms with E-state index in [9.17, 15) is 9.00 Å². The van der Waals surface area contributed by atoms with Gasteiger partial charge in [-0.25, -0.2) is 0 Å². The summed E-state index contributed by atoms with van der Waals surface area (Å²) in [4.78, 5) is 12.4. The molecule has 0 aromatic heterocycles. The molecule has 100 valence electrons. The lowest BCUT2D eigenvalue weighted by molar-refractivity contribution is -0.153. The fourth-order valence-corrected chi connectivity index (χ4v) is 2.41. The highest BCUT2D eigenvalue weighted by Crippen LogP contribution is 2.18. The van der Waals surface area contributed by atoms with Gasteiger partial charge in [-0.1, -0.05) is 11.6 Å². The number of hydrogen-bond acceptors (Lipinski definition) is 3. The number of ether oxygens (including phenoxy) is 1. The quantitative estimate of drug-likeness (QED) is 0.802. The van der Waals surface area contributed by atoms with E-state index in [2.05, 4.69) is 0 Å². The van der Waals surface area contributed by atoms with Gasteiger partial charge in [0.2, 0.25) is 0 Å². The molecular weight excluding hydrogens is 272 g/mol. The summed E-state index contributed by atoms with van der Waals surface area (Å²) in [5, 5.41) is -0.133. The molecule has 0 amide bonds. The summed E-state index contributed by atoms with van der Waals surface area (Å²) in [7, 11) is -1.43. The van der Waals surface area contributed by atoms with E-state index < -0.39 is 27.6 Å². The van der Waals surface area contributed by atoms with Crippen LogP contribution < -0.4 is 0 Å². The van der Waals surface area contributed by atoms with Crippen LogP contribution in [0.25, 0.3) is 0 Å². The van der Waals surface area contributed by atoms with Crippen molar-refractivity contribution in [2.75, 3.05) is 0 Å². The lowest BCUT2D eigenvalue weighted by Gasteiger charge is -2.22. The number of rotatable bonds is 3. The fraction of sp³-hybridized carbons (Fsp3) is 0.462. The number of hydrogen-bond donors (Lipinski definition) is 0. The third-order valence-electron chi connectivity index (χ3n) is 2.11. The smallest absolute Gasteiger partial charge is 0.322 e. The zero-order valence-electron chi connectivity index (χ0n) is 10.9. The standard InChI is InChI=1S/C13H17ClO3S/c1-9(12(15)17-13(2,3)4)18(16)11-7-5-10(14)6-8-11/h5-9H,1-4H3. The molecule has 0 radical (unpaired) electrons. The van der Waals surface area contributed by atoms with E-state index in [-0.39, 0.29) is 0 Å². The van der Waals surface area contributed by atoms with E-state index in [0.717, 1.165) is 0 Å². The first-order valence-electron chi connectivity index (χ1n) is 5.60. The minimum absolute atomic E-state index is 0.462. The zero-order chi connectivity index (χ0) is 13.9. The first-order valence-corrected chi connectivity index (χ1v) is 7.19. The van der Waals surface area contributed by atoms with Crippen molar-refractivity contribution < 1.29 is 13.7 Å². The maximum Gasteiger partial charge on any atom is 0.322 e. The maximum absolute atomic E-state index is 12.2. The van der Waals surface area contributed by atoms with Crippen molar-refractivity contribution in [2.45, 2.75) is 43.4 Å². The van der Waals surface area contributed by atoms with Gasteiger partial charge in [0.1, 0.15) is 10.9 Å². The lowest BCUT2D eigenvalue weighted by atomic mass is 10.2. The summed E-state index contributed by atoms with van der Waals surface area (Å²) in [5.74, 6) is -0.462. The third-order valence-corrected chi connectivity index (χ3v) is 3.93. The molecule has 1 aromatic carbocycles. The molecule has 0 saturated heterocycles. The van der Waals surface area contributed by atoms with E-state index in [4.69, 9.17) is 16.3 Å². The molecule has 1 aromatic rings. The van der Waals surface area contributed by atoms with Crippen molar-refractivity contribution >= 4 is 28.4 Å². The highest BCUT2D eigenvalue weighted by Gasteiger charge is 2.26. The Balaban J connectivity index is 2.78. The number of halogens is 1. The Hall–Kier alpha value is -0.870. The molecule has 2 atom stereocenters. The summed E-state index contributed by atoms with van der Waals surface area (Å²) in [6, 6.07) is 6.60. The van der Waals surface area contributed by atoms with Gasteiger partial charge in [0.25, 0.3) is 0 Å². The average molecular weight is 289 g/mol. The highest BCUT2D eigenvalue weighted by atomic mass is 35.5. The van der Waals surface area contributed by atoms with Gasteiger partial charge in [-0.05, 0) is 52.0 Å². The molecule has 0 aliphatic carbocycles. The summed E-state index contributed by atoms with van der Waals surface area (Å²) in [6.45, 7) is 6.94. The Kier molecular flexibility index (Phi) is 4.93. The Labute approximate surface area is 115 Å². The average Bonchev–Trinajstić information content (AvgIpc) is 2.26. The van der Waals surface area contributed by atoms with E-state index in [1.807, 2.05) is 0 Å². The Bertz CT molecular complexity index is 448. The maximum atomic E-state index is 12.2. The Morgan fingerprint density at radius 2 is 1.78 bits per heavy atom. The van der Waals surface area contributed by atoms with Crippen molar-refractivity contribution in [3.8, 4) is 0 Å². The normalized spacial score (nSPS) is 14.9. The predicted octanol–water partition coefficient (Wildman–Crippen LogP) is 3.18. The molecule has 0 spiro atoms. The molecule has 0 bridgehead atoms. The van der Waals surface area contributed by atoms with Crippen LogP contribution >= 0.6 is 11.6 Å². The number of carbonyl (C=O) groups excluding carboxylic acids is 1. The fourth-order valence-electron chi connectivity index (χ4n) is 1.24. The second kappa shape index (κ2) is 5.85. The van der Waals surface area contributed by atoms with Gasteiger partial charge in [0, 0.05) is 9.92 Å². The van der Waals surface area contributed by atoms with Crippen molar-refractivity contribution in [1.82, 2.24) is 0 Å². The van der Waals surface area contributed by atoms with Crippen LogP contribution in [0.5, 0.6) is 0 Å². The second-order valence-corrected chi connectivity index (χ2v) is 7.14. The van der Waals surface area contributed by atoms with Gasteiger partial charge in [-0.3, -0.25) is 9.00 Å². The second-order valence-electron chi connectivity index (χ2n) is 4.93. The topological polar surface area (TPSA) is 43.4 Å². The van der Waals surface area contributed by atoms with Gasteiger partial charge in [0.15, 0.2) is 0 Å². The van der Waals surface area contributed by atoms with Crippen molar-refractivity contribution in [1.29, 1.82) is 0 Å². The van der Waals surface area contributed by atoms with Crippen molar-refractivity contribution in [3.63, 3.8) is 0 Å². The molecular formula is C13H17ClO3S. The number of benzene rings is 1. The summed E-state index contributed by atoms with van der Waals surface area (Å²) in [6.07, 6.45) is 0. The Morgan fingerprint density at radius 3 is 2.22 bits per heavy atom. The summed E-state index contributed by atoms with van der Waals surface area (Å²) in [5.41, 5.74) is -0.574. The van der Waals surface area contributed by atoms with Crippen LogP contribution in [0, 0.1) is 0 Å². The molecule has 0 aliphatic rings. The third kappa shape index (κ3) is 4.42. The molecule has 3 nitrogen and oxygen atoms in total. The van der Waals surface area contributed by atoms with Crippen LogP contribution in [0.4, 0.5) is 0 Å². The number of carbonyl (C=O) groups is 1. The van der Waals surface area contributed by atoms with Crippen LogP contribution in [0.2, 0.25) is 5.02 Å². The first kappa shape index (κ1) is 15.2. The molecule has 0 heterocycles. The minimum Gasteiger partial charge on any atom is -0.459 e. The zero-order valence-corrected chi connectivity index (χ0v) is 12.5. The van der Waals surface area contributed by atoms with Crippen LogP contribution in [0.15, 0.2) is 29.2 Å².